The Morgan fingerprint density at radius 3 is 2.27 bits per heavy atom. The predicted octanol–water partition coefficient (Wildman–Crippen LogP) is 0.497. The summed E-state index contributed by atoms with van der Waals surface area (Å²) in [7, 11) is 0. The summed E-state index contributed by atoms with van der Waals surface area (Å²) >= 11 is 0. The number of aliphatic hydroxyl groups is 2. The first kappa shape index (κ1) is 27.3. The highest BCUT2D eigenvalue weighted by Gasteiger charge is 2.90. The number of Topliss-reactive ketones (excluding diaryl/α,β-unsaturated/α-hetero) is 1. The largest absolute Gasteiger partial charge is 0.461 e. The van der Waals surface area contributed by atoms with Crippen LogP contribution >= 0.6 is 0 Å². The zero-order valence-corrected chi connectivity index (χ0v) is 23.2. The molecule has 4 heterocycles. The number of ether oxygens (including phenoxy) is 5. The van der Waals surface area contributed by atoms with Gasteiger partial charge in [-0.05, 0) is 33.3 Å². The zero-order valence-electron chi connectivity index (χ0n) is 23.2. The molecule has 6 rings (SSSR count). The predicted molar refractivity (Wildman–Crippen MR) is 130 cm³/mol. The van der Waals surface area contributed by atoms with Gasteiger partial charge in [-0.25, -0.2) is 9.59 Å². The summed E-state index contributed by atoms with van der Waals surface area (Å²) in [6.45, 7) is 9.78. The van der Waals surface area contributed by atoms with Gasteiger partial charge < -0.3 is 33.9 Å². The minimum Gasteiger partial charge on any atom is -0.461 e. The number of cyclic esters (lactones) is 3. The van der Waals surface area contributed by atoms with Crippen LogP contribution in [0.5, 0.6) is 0 Å². The van der Waals surface area contributed by atoms with Gasteiger partial charge in [-0.3, -0.25) is 14.4 Å². The molecular formula is C28H34O12. The first-order valence-corrected chi connectivity index (χ1v) is 13.5. The Hall–Kier alpha value is -2.83. The van der Waals surface area contributed by atoms with E-state index >= 15 is 0 Å². The van der Waals surface area contributed by atoms with E-state index in [1.807, 2.05) is 0 Å². The Morgan fingerprint density at radius 2 is 1.68 bits per heavy atom. The average molecular weight is 563 g/mol. The van der Waals surface area contributed by atoms with E-state index < -0.39 is 93.9 Å². The molecule has 12 nitrogen and oxygen atoms in total. The second-order valence-electron chi connectivity index (χ2n) is 13.3. The second-order valence-corrected chi connectivity index (χ2v) is 13.3. The van der Waals surface area contributed by atoms with E-state index in [1.54, 1.807) is 34.6 Å². The number of hydrogen-bond acceptors (Lipinski definition) is 12. The maximum atomic E-state index is 14.4. The standard InChI is InChI=1S/C28H34O12/c1-11(29)36-16-9-18(33)39-24(2,3)14-8-15(31)27(6)19(26(14,16)5)13(30)10-25(4)20(12-7-17(32)37-22(12)34)38-23(35)21-28(25,27)40-21/h7,13-14,16-17,19-21,30,32H,8-10H2,1-6H3. The smallest absolute Gasteiger partial charge is 0.340 e. The molecule has 1 spiro atoms. The third-order valence-electron chi connectivity index (χ3n) is 10.9. The Morgan fingerprint density at radius 1 is 1.00 bits per heavy atom. The Labute approximate surface area is 230 Å². The minimum atomic E-state index is -1.53. The fraction of sp³-hybridized carbons (Fsp3) is 0.750. The lowest BCUT2D eigenvalue weighted by Gasteiger charge is -2.67. The lowest BCUT2D eigenvalue weighted by molar-refractivity contribution is -0.255. The van der Waals surface area contributed by atoms with Gasteiger partial charge in [-0.15, -0.1) is 0 Å². The molecule has 4 aliphatic heterocycles. The lowest BCUT2D eigenvalue weighted by Crippen LogP contribution is -2.77. The van der Waals surface area contributed by atoms with Crippen LogP contribution in [-0.4, -0.2) is 81.8 Å². The molecule has 5 fully saturated rings. The third kappa shape index (κ3) is 3.04. The molecule has 6 aliphatic rings. The quantitative estimate of drug-likeness (QED) is 0.271. The number of epoxide rings is 1. The van der Waals surface area contributed by atoms with E-state index in [0.717, 1.165) is 6.08 Å². The van der Waals surface area contributed by atoms with Crippen LogP contribution in [0, 0.1) is 28.1 Å². The van der Waals surface area contributed by atoms with Crippen LogP contribution in [0.4, 0.5) is 0 Å². The molecule has 3 saturated heterocycles. The normalized spacial score (nSPS) is 50.5. The van der Waals surface area contributed by atoms with Crippen molar-refractivity contribution in [1.29, 1.82) is 0 Å². The fourth-order valence-corrected chi connectivity index (χ4v) is 9.57. The molecule has 0 aromatic rings. The summed E-state index contributed by atoms with van der Waals surface area (Å²) < 4.78 is 28.3. The molecule has 2 aliphatic carbocycles. The second kappa shape index (κ2) is 7.92. The van der Waals surface area contributed by atoms with Crippen molar-refractivity contribution in [3.63, 3.8) is 0 Å². The van der Waals surface area contributed by atoms with Gasteiger partial charge in [0.25, 0.3) is 0 Å². The van der Waals surface area contributed by atoms with Gasteiger partial charge in [0, 0.05) is 36.0 Å². The Bertz CT molecular complexity index is 1290. The third-order valence-corrected chi connectivity index (χ3v) is 10.9. The van der Waals surface area contributed by atoms with Gasteiger partial charge in [0.2, 0.25) is 6.29 Å². The molecule has 0 amide bonds. The molecule has 12 heteroatoms. The molecule has 0 aromatic carbocycles. The van der Waals surface area contributed by atoms with Crippen LogP contribution in [0.25, 0.3) is 0 Å². The summed E-state index contributed by atoms with van der Waals surface area (Å²) in [4.78, 5) is 65.5. The maximum Gasteiger partial charge on any atom is 0.340 e. The van der Waals surface area contributed by atoms with Crippen molar-refractivity contribution in [2.75, 3.05) is 0 Å². The monoisotopic (exact) mass is 562 g/mol. The number of fused-ring (bicyclic) bond motifs is 3. The highest BCUT2D eigenvalue weighted by Crippen LogP contribution is 2.77. The molecular weight excluding hydrogens is 528 g/mol. The fourth-order valence-electron chi connectivity index (χ4n) is 9.57. The minimum absolute atomic E-state index is 0.0694. The number of carbonyl (C=O) groups excluding carboxylic acids is 5. The van der Waals surface area contributed by atoms with Crippen molar-refractivity contribution in [3.05, 3.63) is 11.6 Å². The van der Waals surface area contributed by atoms with Crippen LogP contribution < -0.4 is 0 Å². The summed E-state index contributed by atoms with van der Waals surface area (Å²) in [5.41, 5.74) is -6.72. The molecule has 11 atom stereocenters. The van der Waals surface area contributed by atoms with E-state index in [4.69, 9.17) is 23.7 Å². The van der Waals surface area contributed by atoms with Crippen LogP contribution in [-0.2, 0) is 47.7 Å². The Kier molecular flexibility index (Phi) is 5.41. The zero-order chi connectivity index (χ0) is 29.4. The SMILES string of the molecule is CC(=O)OC1CC(=O)OC(C)(C)C2CC(=O)C3(C)C(C(O)CC4(C)C(C5=CC(O)OC5=O)OC(=O)C5OC543)C12C. The Balaban J connectivity index is 1.56. The topological polar surface area (TPSA) is 175 Å². The molecule has 0 aromatic heterocycles. The van der Waals surface area contributed by atoms with E-state index in [9.17, 15) is 34.2 Å². The number of carbonyl (C=O) groups is 5. The van der Waals surface area contributed by atoms with Crippen LogP contribution in [0.3, 0.4) is 0 Å². The van der Waals surface area contributed by atoms with E-state index in [0.29, 0.717) is 0 Å². The molecule has 11 unspecified atom stereocenters. The summed E-state index contributed by atoms with van der Waals surface area (Å²) in [6, 6.07) is 0. The molecule has 0 radical (unpaired) electrons. The molecule has 218 valence electrons. The summed E-state index contributed by atoms with van der Waals surface area (Å²) in [5.74, 6) is -4.77. The number of aliphatic hydroxyl groups excluding tert-OH is 2. The highest BCUT2D eigenvalue weighted by molar-refractivity contribution is 5.96. The van der Waals surface area contributed by atoms with E-state index in [-0.39, 0.29) is 30.6 Å². The van der Waals surface area contributed by atoms with E-state index in [2.05, 4.69) is 0 Å². The number of ketones is 1. The van der Waals surface area contributed by atoms with Crippen molar-refractivity contribution in [1.82, 2.24) is 0 Å². The first-order chi connectivity index (χ1) is 18.4. The highest BCUT2D eigenvalue weighted by atomic mass is 16.7. The molecule has 2 saturated carbocycles. The average Bonchev–Trinajstić information content (AvgIpc) is 3.52. The van der Waals surface area contributed by atoms with Crippen molar-refractivity contribution < 1.29 is 57.9 Å². The van der Waals surface area contributed by atoms with Gasteiger partial charge >= 0.3 is 23.9 Å². The summed E-state index contributed by atoms with van der Waals surface area (Å²) in [5, 5.41) is 22.0. The molecule has 0 bridgehead atoms. The summed E-state index contributed by atoms with van der Waals surface area (Å²) in [6.07, 6.45) is -5.53. The van der Waals surface area contributed by atoms with Crippen molar-refractivity contribution >= 4 is 29.7 Å². The first-order valence-electron chi connectivity index (χ1n) is 13.5. The molecule has 2 N–H and O–H groups in total. The van der Waals surface area contributed by atoms with Crippen LogP contribution in [0.2, 0.25) is 0 Å². The van der Waals surface area contributed by atoms with Crippen LogP contribution in [0.1, 0.15) is 60.8 Å². The van der Waals surface area contributed by atoms with Gasteiger partial charge in [0.15, 0.2) is 6.10 Å². The van der Waals surface area contributed by atoms with Gasteiger partial charge in [0.05, 0.1) is 23.5 Å². The van der Waals surface area contributed by atoms with Crippen molar-refractivity contribution in [2.45, 2.75) is 103 Å². The van der Waals surface area contributed by atoms with Gasteiger partial charge in [-0.1, -0.05) is 13.8 Å². The number of hydrogen-bond donors (Lipinski definition) is 2. The van der Waals surface area contributed by atoms with Gasteiger partial charge in [0.1, 0.15) is 29.2 Å². The molecule has 40 heavy (non-hydrogen) atoms. The van der Waals surface area contributed by atoms with Crippen molar-refractivity contribution in [3.8, 4) is 0 Å². The number of rotatable bonds is 2. The van der Waals surface area contributed by atoms with Crippen molar-refractivity contribution in [2.24, 2.45) is 28.1 Å². The van der Waals surface area contributed by atoms with E-state index in [1.165, 1.54) is 6.92 Å². The maximum absolute atomic E-state index is 14.4. The lowest BCUT2D eigenvalue weighted by atomic mass is 9.36. The van der Waals surface area contributed by atoms with Gasteiger partial charge in [-0.2, -0.15) is 0 Å². The number of esters is 4. The van der Waals surface area contributed by atoms with Crippen LogP contribution in [0.15, 0.2) is 11.6 Å².